The summed E-state index contributed by atoms with van der Waals surface area (Å²) in [6.45, 7) is 3.96. The first kappa shape index (κ1) is 19.7. The summed E-state index contributed by atoms with van der Waals surface area (Å²) >= 11 is 1.15. The summed E-state index contributed by atoms with van der Waals surface area (Å²) in [6, 6.07) is 23.9. The highest BCUT2D eigenvalue weighted by atomic mass is 32.1. The van der Waals surface area contributed by atoms with Crippen LogP contribution in [0.5, 0.6) is 0 Å². The Kier molecular flexibility index (Phi) is 5.81. The molecule has 0 atom stereocenters. The molecule has 0 aliphatic rings. The van der Waals surface area contributed by atoms with Crippen molar-refractivity contribution in [3.63, 3.8) is 0 Å². The first-order chi connectivity index (χ1) is 14.7. The van der Waals surface area contributed by atoms with Gasteiger partial charge in [0, 0.05) is 0 Å². The van der Waals surface area contributed by atoms with E-state index < -0.39 is 5.97 Å². The average molecular weight is 417 g/mol. The highest BCUT2D eigenvalue weighted by Gasteiger charge is 2.15. The van der Waals surface area contributed by atoms with E-state index in [2.05, 4.69) is 39.6 Å². The molecular formula is C23H20N4O2S. The number of para-hydroxylation sites is 1. The highest BCUT2D eigenvalue weighted by Crippen LogP contribution is 2.16. The summed E-state index contributed by atoms with van der Waals surface area (Å²) in [4.78, 5) is 12.7. The Morgan fingerprint density at radius 2 is 1.77 bits per heavy atom. The van der Waals surface area contributed by atoms with E-state index >= 15 is 0 Å². The molecule has 0 aliphatic heterocycles. The van der Waals surface area contributed by atoms with Crippen molar-refractivity contribution in [3.05, 3.63) is 88.2 Å². The second kappa shape index (κ2) is 8.84. The quantitative estimate of drug-likeness (QED) is 0.271. The van der Waals surface area contributed by atoms with E-state index in [-0.39, 0.29) is 11.6 Å². The van der Waals surface area contributed by atoms with Crippen molar-refractivity contribution in [2.45, 2.75) is 13.8 Å². The van der Waals surface area contributed by atoms with Crippen LogP contribution in [0.25, 0.3) is 16.5 Å². The van der Waals surface area contributed by atoms with Gasteiger partial charge in [0.1, 0.15) is 0 Å². The minimum absolute atomic E-state index is 0.234. The number of hydrogen-bond acceptors (Lipinski definition) is 6. The first-order valence-corrected chi connectivity index (χ1v) is 10.4. The van der Waals surface area contributed by atoms with E-state index in [0.29, 0.717) is 4.80 Å². The third kappa shape index (κ3) is 4.21. The van der Waals surface area contributed by atoms with Gasteiger partial charge in [-0.25, -0.2) is 9.48 Å². The van der Waals surface area contributed by atoms with Crippen LogP contribution in [0.4, 0.5) is 0 Å². The van der Waals surface area contributed by atoms with Crippen LogP contribution in [0.15, 0.2) is 83.0 Å². The maximum atomic E-state index is 12.2. The van der Waals surface area contributed by atoms with Crippen LogP contribution in [0, 0.1) is 0 Å². The third-order valence-electron chi connectivity index (χ3n) is 4.46. The summed E-state index contributed by atoms with van der Waals surface area (Å²) in [5.41, 5.74) is 2.55. The summed E-state index contributed by atoms with van der Waals surface area (Å²) in [5, 5.41) is 15.8. The monoisotopic (exact) mass is 416 g/mol. The molecule has 6 nitrogen and oxygen atoms in total. The number of hydrogen-bond donors (Lipinski definition) is 0. The lowest BCUT2D eigenvalue weighted by atomic mass is 10.0. The number of esters is 1. The van der Waals surface area contributed by atoms with Crippen molar-refractivity contribution in [2.24, 2.45) is 10.2 Å². The number of aromatic nitrogens is 2. The largest absolute Gasteiger partial charge is 0.461 e. The van der Waals surface area contributed by atoms with Gasteiger partial charge in [0.05, 0.1) is 18.0 Å². The van der Waals surface area contributed by atoms with Gasteiger partial charge in [-0.1, -0.05) is 65.9 Å². The molecule has 30 heavy (non-hydrogen) atoms. The molecule has 1 heterocycles. The molecular weight excluding hydrogens is 396 g/mol. The van der Waals surface area contributed by atoms with Crippen LogP contribution in [0.3, 0.4) is 0 Å². The Labute approximate surface area is 177 Å². The molecule has 0 saturated heterocycles. The van der Waals surface area contributed by atoms with Gasteiger partial charge in [-0.05, 0) is 48.4 Å². The van der Waals surface area contributed by atoms with Crippen molar-refractivity contribution >= 4 is 33.8 Å². The molecule has 0 bridgehead atoms. The van der Waals surface area contributed by atoms with Crippen LogP contribution in [-0.2, 0) is 4.74 Å². The summed E-state index contributed by atoms with van der Waals surface area (Å²) in [5.74, 6) is -0.469. The minimum Gasteiger partial charge on any atom is -0.461 e. The molecule has 7 heteroatoms. The Morgan fingerprint density at radius 3 is 2.53 bits per heavy atom. The lowest BCUT2D eigenvalue weighted by Crippen LogP contribution is -2.14. The molecule has 3 aromatic carbocycles. The molecule has 4 rings (SSSR count). The number of fused-ring (bicyclic) bond motifs is 1. The van der Waals surface area contributed by atoms with Gasteiger partial charge in [-0.3, -0.25) is 0 Å². The molecule has 0 N–H and O–H groups in total. The van der Waals surface area contributed by atoms with Crippen molar-refractivity contribution in [3.8, 4) is 5.69 Å². The number of nitrogens with zero attached hydrogens (tertiary/aromatic N) is 4. The van der Waals surface area contributed by atoms with Crippen molar-refractivity contribution in [1.82, 2.24) is 9.78 Å². The van der Waals surface area contributed by atoms with E-state index in [4.69, 9.17) is 4.74 Å². The van der Waals surface area contributed by atoms with Gasteiger partial charge in [0.15, 0.2) is 0 Å². The smallest absolute Gasteiger partial charge is 0.369 e. The van der Waals surface area contributed by atoms with Gasteiger partial charge in [0.2, 0.25) is 9.81 Å². The van der Waals surface area contributed by atoms with Gasteiger partial charge in [0.25, 0.3) is 0 Å². The first-order valence-electron chi connectivity index (χ1n) is 9.56. The molecule has 0 aliphatic carbocycles. The van der Waals surface area contributed by atoms with Crippen LogP contribution in [0.1, 0.15) is 29.2 Å². The zero-order chi connectivity index (χ0) is 20.9. The lowest BCUT2D eigenvalue weighted by molar-refractivity contribution is 0.0524. The SMILES string of the molecule is CCOC(=O)c1nn(-c2ccccc2)/c(=N\N=C(/C)c2ccc3ccccc3c2)s1. The molecule has 150 valence electrons. The minimum atomic E-state index is -0.469. The van der Waals surface area contributed by atoms with E-state index in [1.165, 1.54) is 5.39 Å². The predicted molar refractivity (Wildman–Crippen MR) is 119 cm³/mol. The topological polar surface area (TPSA) is 68.8 Å². The summed E-state index contributed by atoms with van der Waals surface area (Å²) in [6.07, 6.45) is 0. The molecule has 0 unspecified atom stereocenters. The van der Waals surface area contributed by atoms with Crippen LogP contribution in [0.2, 0.25) is 0 Å². The standard InChI is InChI=1S/C23H20N4O2S/c1-3-29-22(28)21-26-27(20-11-5-4-6-12-20)23(30-21)25-24-16(2)18-14-13-17-9-7-8-10-19(17)15-18/h4-15H,3H2,1-2H3/b24-16+,25-23+. The maximum absolute atomic E-state index is 12.2. The fourth-order valence-corrected chi connectivity index (χ4v) is 3.70. The van der Waals surface area contributed by atoms with E-state index in [1.807, 2.05) is 55.5 Å². The van der Waals surface area contributed by atoms with E-state index in [9.17, 15) is 4.79 Å². The third-order valence-corrected chi connectivity index (χ3v) is 5.34. The van der Waals surface area contributed by atoms with E-state index in [0.717, 1.165) is 33.7 Å². The molecule has 0 radical (unpaired) electrons. The van der Waals surface area contributed by atoms with Crippen molar-refractivity contribution in [2.75, 3.05) is 6.61 Å². The normalized spacial score (nSPS) is 12.3. The molecule has 0 fully saturated rings. The summed E-state index contributed by atoms with van der Waals surface area (Å²) in [7, 11) is 0. The lowest BCUT2D eigenvalue weighted by Gasteiger charge is -2.02. The van der Waals surface area contributed by atoms with Gasteiger partial charge >= 0.3 is 5.97 Å². The molecule has 4 aromatic rings. The zero-order valence-electron chi connectivity index (χ0n) is 16.6. The van der Waals surface area contributed by atoms with Crippen LogP contribution in [-0.4, -0.2) is 28.1 Å². The summed E-state index contributed by atoms with van der Waals surface area (Å²) < 4.78 is 6.69. The van der Waals surface area contributed by atoms with E-state index in [1.54, 1.807) is 11.6 Å². The number of ether oxygens (including phenoxy) is 1. The fraction of sp³-hybridized carbons (Fsp3) is 0.130. The molecule has 0 amide bonds. The average Bonchev–Trinajstić information content (AvgIpc) is 3.22. The van der Waals surface area contributed by atoms with Crippen molar-refractivity contribution in [1.29, 1.82) is 0 Å². The van der Waals surface area contributed by atoms with Crippen LogP contribution >= 0.6 is 11.3 Å². The molecule has 0 spiro atoms. The maximum Gasteiger partial charge on any atom is 0.369 e. The van der Waals surface area contributed by atoms with Gasteiger partial charge in [-0.15, -0.1) is 10.2 Å². The van der Waals surface area contributed by atoms with Crippen LogP contribution < -0.4 is 4.80 Å². The number of benzene rings is 3. The number of rotatable bonds is 5. The molecule has 1 aromatic heterocycles. The second-order valence-corrected chi connectivity index (χ2v) is 7.46. The second-order valence-electron chi connectivity index (χ2n) is 6.50. The Hall–Kier alpha value is -3.58. The zero-order valence-corrected chi connectivity index (χ0v) is 17.5. The predicted octanol–water partition coefficient (Wildman–Crippen LogP) is 4.59. The fourth-order valence-electron chi connectivity index (χ4n) is 2.95. The van der Waals surface area contributed by atoms with Gasteiger partial charge in [-0.2, -0.15) is 5.10 Å². The molecule has 0 saturated carbocycles. The Bertz CT molecular complexity index is 1290. The number of carbonyl (C=O) groups is 1. The highest BCUT2D eigenvalue weighted by molar-refractivity contribution is 7.10. The Morgan fingerprint density at radius 1 is 1.03 bits per heavy atom. The van der Waals surface area contributed by atoms with Crippen molar-refractivity contribution < 1.29 is 9.53 Å². The Balaban J connectivity index is 1.76. The van der Waals surface area contributed by atoms with Gasteiger partial charge < -0.3 is 4.74 Å². The number of carbonyl (C=O) groups excluding carboxylic acids is 1.